The molecular weight excluding hydrogens is 378 g/mol. The molecular formula is C20H17N3O4S. The predicted molar refractivity (Wildman–Crippen MR) is 112 cm³/mol. The number of anilines is 1. The van der Waals surface area contributed by atoms with Gasteiger partial charge in [0.2, 0.25) is 0 Å². The lowest BCUT2D eigenvalue weighted by atomic mass is 10.1. The van der Waals surface area contributed by atoms with Crippen molar-refractivity contribution in [3.05, 3.63) is 75.8 Å². The summed E-state index contributed by atoms with van der Waals surface area (Å²) in [5.74, 6) is 0.0187. The summed E-state index contributed by atoms with van der Waals surface area (Å²) in [6.07, 6.45) is 0. The highest BCUT2D eigenvalue weighted by atomic mass is 32.1. The van der Waals surface area contributed by atoms with Gasteiger partial charge in [0, 0.05) is 17.8 Å². The third kappa shape index (κ3) is 4.07. The molecule has 28 heavy (non-hydrogen) atoms. The average molecular weight is 395 g/mol. The van der Waals surface area contributed by atoms with E-state index in [1.54, 1.807) is 25.1 Å². The molecule has 0 aliphatic carbocycles. The molecule has 0 spiro atoms. The van der Waals surface area contributed by atoms with Crippen LogP contribution < -0.4 is 15.4 Å². The summed E-state index contributed by atoms with van der Waals surface area (Å²) >= 11 is 5.21. The number of methoxy groups -OCH3 is 1. The number of nitro benzene ring substituents is 1. The summed E-state index contributed by atoms with van der Waals surface area (Å²) in [6, 6.07) is 15.5. The maximum atomic E-state index is 12.7. The van der Waals surface area contributed by atoms with Crippen LogP contribution in [0.5, 0.6) is 5.75 Å². The van der Waals surface area contributed by atoms with Crippen LogP contribution in [-0.2, 0) is 0 Å². The van der Waals surface area contributed by atoms with E-state index in [2.05, 4.69) is 10.6 Å². The number of nitro groups is 1. The maximum Gasteiger partial charge on any atom is 0.269 e. The molecule has 0 saturated heterocycles. The topological polar surface area (TPSA) is 93.5 Å². The van der Waals surface area contributed by atoms with Crippen molar-refractivity contribution >= 4 is 45.4 Å². The van der Waals surface area contributed by atoms with Crippen LogP contribution in [0.25, 0.3) is 10.8 Å². The summed E-state index contributed by atoms with van der Waals surface area (Å²) in [4.78, 5) is 23.1. The molecule has 0 fully saturated rings. The lowest BCUT2D eigenvalue weighted by Crippen LogP contribution is -2.34. The number of nitrogens with zero attached hydrogens (tertiary/aromatic N) is 1. The first-order chi connectivity index (χ1) is 13.4. The van der Waals surface area contributed by atoms with Gasteiger partial charge in [-0.25, -0.2) is 0 Å². The van der Waals surface area contributed by atoms with Crippen molar-refractivity contribution in [2.45, 2.75) is 6.92 Å². The van der Waals surface area contributed by atoms with E-state index in [0.29, 0.717) is 22.6 Å². The molecule has 7 nitrogen and oxygen atoms in total. The Morgan fingerprint density at radius 2 is 1.79 bits per heavy atom. The molecule has 2 N–H and O–H groups in total. The van der Waals surface area contributed by atoms with Crippen molar-refractivity contribution in [1.29, 1.82) is 0 Å². The molecule has 3 aromatic rings. The quantitative estimate of drug-likeness (QED) is 0.391. The number of carbonyl (C=O) groups is 1. The standard InChI is InChI=1S/C20H17N3O4S/c1-12-9-15(23(25)26)7-8-17(12)21-20(28)22-19(24)16-10-13-5-3-4-6-14(13)11-18(16)27-2/h3-11H,1-2H3,(H2,21,22,24,28). The number of fused-ring (bicyclic) bond motifs is 1. The molecule has 0 aromatic heterocycles. The Hall–Kier alpha value is -3.52. The van der Waals surface area contributed by atoms with Crippen molar-refractivity contribution in [3.8, 4) is 5.75 Å². The number of rotatable bonds is 4. The number of benzene rings is 3. The predicted octanol–water partition coefficient (Wildman–Crippen LogP) is 4.19. The number of hydrogen-bond donors (Lipinski definition) is 2. The van der Waals surface area contributed by atoms with E-state index in [-0.39, 0.29) is 10.8 Å². The number of ether oxygens (including phenoxy) is 1. The number of thiocarbonyl (C=S) groups is 1. The zero-order valence-corrected chi connectivity index (χ0v) is 16.0. The summed E-state index contributed by atoms with van der Waals surface area (Å²) in [5.41, 5.74) is 1.54. The molecule has 0 radical (unpaired) electrons. The first kappa shape index (κ1) is 19.2. The van der Waals surface area contributed by atoms with Gasteiger partial charge in [-0.15, -0.1) is 0 Å². The SMILES string of the molecule is COc1cc2ccccc2cc1C(=O)NC(=S)Nc1ccc([N+](=O)[O-])cc1C. The molecule has 3 aromatic carbocycles. The van der Waals surface area contributed by atoms with Gasteiger partial charge in [0.1, 0.15) is 5.75 Å². The fourth-order valence-corrected chi connectivity index (χ4v) is 2.99. The molecule has 3 rings (SSSR count). The normalized spacial score (nSPS) is 10.4. The number of nitrogens with one attached hydrogen (secondary N) is 2. The van der Waals surface area contributed by atoms with Crippen molar-refractivity contribution < 1.29 is 14.5 Å². The van der Waals surface area contributed by atoms with E-state index in [1.807, 2.05) is 24.3 Å². The molecule has 8 heteroatoms. The highest BCUT2D eigenvalue weighted by molar-refractivity contribution is 7.80. The Balaban J connectivity index is 1.78. The zero-order chi connectivity index (χ0) is 20.3. The molecule has 0 saturated carbocycles. The first-order valence-corrected chi connectivity index (χ1v) is 8.74. The summed E-state index contributed by atoms with van der Waals surface area (Å²) < 4.78 is 5.34. The smallest absolute Gasteiger partial charge is 0.269 e. The van der Waals surface area contributed by atoms with E-state index in [1.165, 1.54) is 19.2 Å². The molecule has 0 bridgehead atoms. The van der Waals surface area contributed by atoms with Gasteiger partial charge in [-0.1, -0.05) is 24.3 Å². The fraction of sp³-hybridized carbons (Fsp3) is 0.100. The van der Waals surface area contributed by atoms with Gasteiger partial charge in [0.25, 0.3) is 11.6 Å². The second kappa shape index (κ2) is 8.01. The van der Waals surface area contributed by atoms with E-state index < -0.39 is 10.8 Å². The molecule has 0 unspecified atom stereocenters. The number of amides is 1. The maximum absolute atomic E-state index is 12.7. The Labute approximate surface area is 166 Å². The average Bonchev–Trinajstić information content (AvgIpc) is 2.68. The number of hydrogen-bond acceptors (Lipinski definition) is 5. The molecule has 0 heterocycles. The minimum Gasteiger partial charge on any atom is -0.496 e. The number of carbonyl (C=O) groups excluding carboxylic acids is 1. The largest absolute Gasteiger partial charge is 0.496 e. The van der Waals surface area contributed by atoms with Gasteiger partial charge >= 0.3 is 0 Å². The minimum absolute atomic E-state index is 0.0149. The summed E-state index contributed by atoms with van der Waals surface area (Å²) in [5, 5.41) is 18.3. The van der Waals surface area contributed by atoms with Gasteiger partial charge < -0.3 is 10.1 Å². The minimum atomic E-state index is -0.469. The molecule has 1 amide bonds. The Kier molecular flexibility index (Phi) is 5.51. The van der Waals surface area contributed by atoms with Gasteiger partial charge in [0.15, 0.2) is 5.11 Å². The number of non-ortho nitro benzene ring substituents is 1. The third-order valence-electron chi connectivity index (χ3n) is 4.21. The molecule has 0 atom stereocenters. The second-order valence-electron chi connectivity index (χ2n) is 6.06. The van der Waals surface area contributed by atoms with E-state index >= 15 is 0 Å². The van der Waals surface area contributed by atoms with E-state index in [9.17, 15) is 14.9 Å². The lowest BCUT2D eigenvalue weighted by Gasteiger charge is -2.14. The van der Waals surface area contributed by atoms with Crippen LogP contribution in [0.3, 0.4) is 0 Å². The zero-order valence-electron chi connectivity index (χ0n) is 15.2. The Bertz CT molecular complexity index is 1100. The van der Waals surface area contributed by atoms with Crippen LogP contribution in [-0.4, -0.2) is 23.1 Å². The number of aryl methyl sites for hydroxylation is 1. The van der Waals surface area contributed by atoms with Crippen molar-refractivity contribution in [1.82, 2.24) is 5.32 Å². The van der Waals surface area contributed by atoms with E-state index in [0.717, 1.165) is 10.8 Å². The Morgan fingerprint density at radius 1 is 1.11 bits per heavy atom. The Morgan fingerprint density at radius 3 is 2.39 bits per heavy atom. The van der Waals surface area contributed by atoms with Crippen LogP contribution >= 0.6 is 12.2 Å². The van der Waals surface area contributed by atoms with Crippen molar-refractivity contribution in [3.63, 3.8) is 0 Å². The van der Waals surface area contributed by atoms with Crippen LogP contribution in [0.4, 0.5) is 11.4 Å². The highest BCUT2D eigenvalue weighted by Crippen LogP contribution is 2.26. The summed E-state index contributed by atoms with van der Waals surface area (Å²) in [6.45, 7) is 1.71. The third-order valence-corrected chi connectivity index (χ3v) is 4.41. The van der Waals surface area contributed by atoms with Gasteiger partial charge in [0.05, 0.1) is 17.6 Å². The summed E-state index contributed by atoms with van der Waals surface area (Å²) in [7, 11) is 1.50. The van der Waals surface area contributed by atoms with Gasteiger partial charge in [-0.2, -0.15) is 0 Å². The van der Waals surface area contributed by atoms with E-state index in [4.69, 9.17) is 17.0 Å². The molecule has 0 aliphatic heterocycles. The monoisotopic (exact) mass is 395 g/mol. The van der Waals surface area contributed by atoms with Gasteiger partial charge in [-0.05, 0) is 53.7 Å². The van der Waals surface area contributed by atoms with Crippen LogP contribution in [0.15, 0.2) is 54.6 Å². The van der Waals surface area contributed by atoms with Crippen molar-refractivity contribution in [2.24, 2.45) is 0 Å². The highest BCUT2D eigenvalue weighted by Gasteiger charge is 2.16. The van der Waals surface area contributed by atoms with Gasteiger partial charge in [-0.3, -0.25) is 20.2 Å². The fourth-order valence-electron chi connectivity index (χ4n) is 2.79. The molecule has 0 aliphatic rings. The first-order valence-electron chi connectivity index (χ1n) is 8.33. The van der Waals surface area contributed by atoms with Crippen LogP contribution in [0.2, 0.25) is 0 Å². The lowest BCUT2D eigenvalue weighted by molar-refractivity contribution is -0.384. The van der Waals surface area contributed by atoms with Crippen LogP contribution in [0, 0.1) is 17.0 Å². The van der Waals surface area contributed by atoms with Crippen LogP contribution in [0.1, 0.15) is 15.9 Å². The molecule has 142 valence electrons. The van der Waals surface area contributed by atoms with Crippen molar-refractivity contribution in [2.75, 3.05) is 12.4 Å². The second-order valence-corrected chi connectivity index (χ2v) is 6.47.